The number of aryl methyl sites for hydroxylation is 1. The number of halogens is 1. The fourth-order valence-electron chi connectivity index (χ4n) is 3.20. The lowest BCUT2D eigenvalue weighted by molar-refractivity contribution is -0.121. The van der Waals surface area contributed by atoms with Crippen molar-refractivity contribution >= 4 is 5.91 Å². The quantitative estimate of drug-likeness (QED) is 0.763. The van der Waals surface area contributed by atoms with Crippen LogP contribution in [0.1, 0.15) is 35.9 Å². The van der Waals surface area contributed by atoms with Crippen molar-refractivity contribution in [3.05, 3.63) is 65.4 Å². The summed E-state index contributed by atoms with van der Waals surface area (Å²) in [5, 5.41) is 6.85. The van der Waals surface area contributed by atoms with E-state index in [1.165, 1.54) is 6.07 Å². The Hall–Kier alpha value is -3.09. The summed E-state index contributed by atoms with van der Waals surface area (Å²) in [6.45, 7) is 0. The molecule has 26 heavy (non-hydrogen) atoms. The monoisotopic (exact) mass is 352 g/mol. The van der Waals surface area contributed by atoms with Crippen LogP contribution in [0.4, 0.5) is 4.39 Å². The Morgan fingerprint density at radius 3 is 3.04 bits per heavy atom. The van der Waals surface area contributed by atoms with Crippen molar-refractivity contribution in [3.8, 4) is 11.5 Å². The normalized spacial score (nSPS) is 15.7. The van der Waals surface area contributed by atoms with Crippen LogP contribution in [-0.2, 0) is 17.6 Å². The van der Waals surface area contributed by atoms with E-state index in [0.29, 0.717) is 42.2 Å². The molecule has 2 heterocycles. The fraction of sp³-hybridized carbons (Fsp3) is 0.263. The maximum Gasteiger partial charge on any atom is 0.227 e. The maximum atomic E-state index is 13.8. The van der Waals surface area contributed by atoms with Crippen molar-refractivity contribution in [1.82, 2.24) is 20.4 Å². The first kappa shape index (κ1) is 16.4. The molecular weight excluding hydrogens is 335 g/mol. The lowest BCUT2D eigenvalue weighted by Crippen LogP contribution is -2.27. The third-order valence-electron chi connectivity index (χ3n) is 4.48. The van der Waals surface area contributed by atoms with E-state index in [0.717, 1.165) is 5.56 Å². The molecule has 0 spiro atoms. The Kier molecular flexibility index (Phi) is 4.43. The number of rotatable bonds is 5. The van der Waals surface area contributed by atoms with Gasteiger partial charge in [-0.1, -0.05) is 23.4 Å². The molecule has 0 saturated carbocycles. The van der Waals surface area contributed by atoms with E-state index >= 15 is 0 Å². The molecule has 0 aliphatic heterocycles. The summed E-state index contributed by atoms with van der Waals surface area (Å²) in [5.74, 6) is 0.469. The van der Waals surface area contributed by atoms with Gasteiger partial charge in [0.15, 0.2) is 0 Å². The van der Waals surface area contributed by atoms with Gasteiger partial charge in [-0.25, -0.2) is 4.39 Å². The first-order valence-electron chi connectivity index (χ1n) is 8.51. The molecule has 1 aromatic carbocycles. The number of nitrogens with one attached hydrogen (secondary N) is 1. The SMILES string of the molecule is O=C(CCc1nc(-c2ccccn2)no1)NC1CCc2c(F)cccc21. The summed E-state index contributed by atoms with van der Waals surface area (Å²) >= 11 is 0. The second kappa shape index (κ2) is 7.03. The Labute approximate surface area is 149 Å². The van der Waals surface area contributed by atoms with Crippen LogP contribution in [0.25, 0.3) is 11.5 Å². The average Bonchev–Trinajstić information content (AvgIpc) is 3.29. The number of pyridine rings is 1. The molecule has 1 atom stereocenters. The third kappa shape index (κ3) is 3.33. The largest absolute Gasteiger partial charge is 0.349 e. The van der Waals surface area contributed by atoms with Gasteiger partial charge in [0.2, 0.25) is 17.6 Å². The van der Waals surface area contributed by atoms with Crippen LogP contribution < -0.4 is 5.32 Å². The molecule has 1 N–H and O–H groups in total. The molecule has 0 fully saturated rings. The zero-order valence-corrected chi connectivity index (χ0v) is 14.0. The Bertz CT molecular complexity index is 926. The van der Waals surface area contributed by atoms with Gasteiger partial charge in [0, 0.05) is 19.0 Å². The van der Waals surface area contributed by atoms with E-state index in [1.54, 1.807) is 18.3 Å². The minimum absolute atomic E-state index is 0.121. The zero-order valence-electron chi connectivity index (χ0n) is 14.0. The van der Waals surface area contributed by atoms with Gasteiger partial charge in [-0.15, -0.1) is 0 Å². The Morgan fingerprint density at radius 2 is 2.19 bits per heavy atom. The highest BCUT2D eigenvalue weighted by Crippen LogP contribution is 2.32. The molecule has 6 nitrogen and oxygen atoms in total. The van der Waals surface area contributed by atoms with Crippen molar-refractivity contribution in [1.29, 1.82) is 0 Å². The molecule has 1 aliphatic rings. The van der Waals surface area contributed by atoms with E-state index in [4.69, 9.17) is 4.52 Å². The Morgan fingerprint density at radius 1 is 1.27 bits per heavy atom. The number of carbonyl (C=O) groups excluding carboxylic acids is 1. The highest BCUT2D eigenvalue weighted by Gasteiger charge is 2.26. The number of aromatic nitrogens is 3. The lowest BCUT2D eigenvalue weighted by Gasteiger charge is -2.13. The number of hydrogen-bond donors (Lipinski definition) is 1. The first-order valence-corrected chi connectivity index (χ1v) is 8.51. The first-order chi connectivity index (χ1) is 12.7. The molecule has 3 aromatic rings. The summed E-state index contributed by atoms with van der Waals surface area (Å²) < 4.78 is 18.9. The number of fused-ring (bicyclic) bond motifs is 1. The van der Waals surface area contributed by atoms with Crippen molar-refractivity contribution in [2.45, 2.75) is 31.7 Å². The topological polar surface area (TPSA) is 80.9 Å². The van der Waals surface area contributed by atoms with E-state index in [9.17, 15) is 9.18 Å². The van der Waals surface area contributed by atoms with E-state index < -0.39 is 0 Å². The van der Waals surface area contributed by atoms with Gasteiger partial charge in [-0.05, 0) is 42.2 Å². The van der Waals surface area contributed by atoms with Gasteiger partial charge in [-0.2, -0.15) is 4.98 Å². The van der Waals surface area contributed by atoms with Crippen molar-refractivity contribution in [2.75, 3.05) is 0 Å². The van der Waals surface area contributed by atoms with Gasteiger partial charge in [-0.3, -0.25) is 9.78 Å². The molecule has 4 rings (SSSR count). The van der Waals surface area contributed by atoms with Gasteiger partial charge >= 0.3 is 0 Å². The predicted molar refractivity (Wildman–Crippen MR) is 91.5 cm³/mol. The predicted octanol–water partition coefficient (Wildman–Crippen LogP) is 3.01. The summed E-state index contributed by atoms with van der Waals surface area (Å²) in [7, 11) is 0. The zero-order chi connectivity index (χ0) is 17.9. The Balaban J connectivity index is 1.34. The number of hydrogen-bond acceptors (Lipinski definition) is 5. The summed E-state index contributed by atoms with van der Waals surface area (Å²) in [4.78, 5) is 20.7. The summed E-state index contributed by atoms with van der Waals surface area (Å²) in [6.07, 6.45) is 3.58. The maximum absolute atomic E-state index is 13.8. The third-order valence-corrected chi connectivity index (χ3v) is 4.48. The van der Waals surface area contributed by atoms with Crippen LogP contribution >= 0.6 is 0 Å². The molecule has 1 unspecified atom stereocenters. The molecule has 0 radical (unpaired) electrons. The molecule has 0 bridgehead atoms. The highest BCUT2D eigenvalue weighted by molar-refractivity contribution is 5.76. The lowest BCUT2D eigenvalue weighted by atomic mass is 10.1. The van der Waals surface area contributed by atoms with Gasteiger partial charge in [0.25, 0.3) is 0 Å². The van der Waals surface area contributed by atoms with Gasteiger partial charge in [0.1, 0.15) is 11.5 Å². The van der Waals surface area contributed by atoms with Crippen LogP contribution in [0.15, 0.2) is 47.1 Å². The standard InChI is InChI=1S/C19H17FN4O2/c20-14-5-3-4-13-12(14)7-8-15(13)22-17(25)9-10-18-23-19(24-26-18)16-6-1-2-11-21-16/h1-6,11,15H,7-10H2,(H,22,25). The van der Waals surface area contributed by atoms with Gasteiger partial charge < -0.3 is 9.84 Å². The molecule has 1 amide bonds. The van der Waals surface area contributed by atoms with Gasteiger partial charge in [0.05, 0.1) is 6.04 Å². The average molecular weight is 352 g/mol. The summed E-state index contributed by atoms with van der Waals surface area (Å²) in [6, 6.07) is 10.3. The van der Waals surface area contributed by atoms with Crippen LogP contribution in [0.3, 0.4) is 0 Å². The smallest absolute Gasteiger partial charge is 0.227 e. The number of carbonyl (C=O) groups is 1. The second-order valence-corrected chi connectivity index (χ2v) is 6.19. The number of nitrogens with zero attached hydrogens (tertiary/aromatic N) is 3. The molecule has 7 heteroatoms. The van der Waals surface area contributed by atoms with Crippen molar-refractivity contribution < 1.29 is 13.7 Å². The highest BCUT2D eigenvalue weighted by atomic mass is 19.1. The minimum atomic E-state index is -0.202. The molecule has 1 aliphatic carbocycles. The second-order valence-electron chi connectivity index (χ2n) is 6.19. The number of benzene rings is 1. The molecule has 132 valence electrons. The van der Waals surface area contributed by atoms with Crippen LogP contribution in [-0.4, -0.2) is 21.0 Å². The van der Waals surface area contributed by atoms with Crippen molar-refractivity contribution in [2.24, 2.45) is 0 Å². The van der Waals surface area contributed by atoms with E-state index in [2.05, 4.69) is 20.4 Å². The van der Waals surface area contributed by atoms with Crippen molar-refractivity contribution in [3.63, 3.8) is 0 Å². The summed E-state index contributed by atoms with van der Waals surface area (Å²) in [5.41, 5.74) is 2.19. The van der Waals surface area contributed by atoms with Crippen LogP contribution in [0, 0.1) is 5.82 Å². The number of amides is 1. The fourth-order valence-corrected chi connectivity index (χ4v) is 3.20. The van der Waals surface area contributed by atoms with E-state index in [-0.39, 0.29) is 24.2 Å². The molecule has 2 aromatic heterocycles. The van der Waals surface area contributed by atoms with Crippen LogP contribution in [0.2, 0.25) is 0 Å². The minimum Gasteiger partial charge on any atom is -0.349 e. The molecule has 0 saturated heterocycles. The van der Waals surface area contributed by atoms with Crippen LogP contribution in [0.5, 0.6) is 0 Å². The van der Waals surface area contributed by atoms with E-state index in [1.807, 2.05) is 18.2 Å². The molecular formula is C19H17FN4O2.